The van der Waals surface area contributed by atoms with Gasteiger partial charge in [0.15, 0.2) is 0 Å². The van der Waals surface area contributed by atoms with E-state index in [2.05, 4.69) is 32.2 Å². The number of halogens is 1. The fourth-order valence-corrected chi connectivity index (χ4v) is 2.80. The monoisotopic (exact) mass is 223 g/mol. The number of hydrogen-bond acceptors (Lipinski definition) is 1. The molecule has 15 heavy (non-hydrogen) atoms. The molecule has 0 atom stereocenters. The van der Waals surface area contributed by atoms with Crippen LogP contribution < -0.4 is 5.32 Å². The minimum atomic E-state index is 0.126. The Kier molecular flexibility index (Phi) is 2.68. The minimum absolute atomic E-state index is 0.126. The van der Waals surface area contributed by atoms with Crippen LogP contribution in [0.5, 0.6) is 0 Å². The topological polar surface area (TPSA) is 12.0 Å². The summed E-state index contributed by atoms with van der Waals surface area (Å²) in [6.45, 7) is 7.76. The lowest BCUT2D eigenvalue weighted by Gasteiger charge is -2.29. The summed E-state index contributed by atoms with van der Waals surface area (Å²) >= 11 is 6.32. The van der Waals surface area contributed by atoms with Gasteiger partial charge in [-0.05, 0) is 41.5 Å². The predicted molar refractivity (Wildman–Crippen MR) is 67.0 cm³/mol. The van der Waals surface area contributed by atoms with Crippen molar-refractivity contribution in [1.82, 2.24) is 0 Å². The predicted octanol–water partition coefficient (Wildman–Crippen LogP) is 4.00. The molecule has 2 heteroatoms. The van der Waals surface area contributed by atoms with Gasteiger partial charge in [-0.1, -0.05) is 32.4 Å². The lowest BCUT2D eigenvalue weighted by atomic mass is 9.81. The molecule has 0 unspecified atom stereocenters. The van der Waals surface area contributed by atoms with Crippen molar-refractivity contribution >= 4 is 17.3 Å². The Balaban J connectivity index is 2.60. The van der Waals surface area contributed by atoms with E-state index in [1.807, 2.05) is 6.07 Å². The normalized spacial score (nSPS) is 15.7. The van der Waals surface area contributed by atoms with Gasteiger partial charge in [0.05, 0.1) is 0 Å². The molecule has 2 rings (SSSR count). The van der Waals surface area contributed by atoms with Crippen molar-refractivity contribution in [2.24, 2.45) is 0 Å². The molecule has 0 amide bonds. The van der Waals surface area contributed by atoms with Gasteiger partial charge >= 0.3 is 0 Å². The van der Waals surface area contributed by atoms with Crippen LogP contribution in [0.1, 0.15) is 38.3 Å². The Labute approximate surface area is 96.8 Å². The zero-order valence-electron chi connectivity index (χ0n) is 9.65. The summed E-state index contributed by atoms with van der Waals surface area (Å²) in [7, 11) is 0. The zero-order valence-corrected chi connectivity index (χ0v) is 10.4. The molecule has 1 aliphatic heterocycles. The van der Waals surface area contributed by atoms with Crippen LogP contribution >= 0.6 is 11.6 Å². The lowest BCUT2D eigenvalue weighted by Crippen LogP contribution is -2.20. The maximum Gasteiger partial charge on any atom is 0.0447 e. The van der Waals surface area contributed by atoms with Crippen molar-refractivity contribution in [3.63, 3.8) is 0 Å². The molecule has 0 aromatic heterocycles. The van der Waals surface area contributed by atoms with E-state index in [0.717, 1.165) is 18.0 Å². The van der Waals surface area contributed by atoms with Gasteiger partial charge in [-0.2, -0.15) is 0 Å². The fraction of sp³-hybridized carbons (Fsp3) is 0.538. The number of nitrogens with one attached hydrogen (secondary N) is 1. The van der Waals surface area contributed by atoms with Gasteiger partial charge in [0, 0.05) is 17.3 Å². The van der Waals surface area contributed by atoms with Crippen LogP contribution in [0.3, 0.4) is 0 Å². The van der Waals surface area contributed by atoms with E-state index >= 15 is 0 Å². The van der Waals surface area contributed by atoms with Crippen molar-refractivity contribution in [3.05, 3.63) is 28.3 Å². The molecule has 1 aliphatic rings. The van der Waals surface area contributed by atoms with Gasteiger partial charge in [0.1, 0.15) is 0 Å². The van der Waals surface area contributed by atoms with Crippen LogP contribution in [0.2, 0.25) is 5.02 Å². The number of anilines is 1. The van der Waals surface area contributed by atoms with E-state index in [9.17, 15) is 0 Å². The second-order valence-electron chi connectivity index (χ2n) is 5.23. The molecule has 1 heterocycles. The van der Waals surface area contributed by atoms with Crippen LogP contribution in [-0.2, 0) is 11.8 Å². The van der Waals surface area contributed by atoms with Gasteiger partial charge in [-0.3, -0.25) is 0 Å². The number of fused-ring (bicyclic) bond motifs is 1. The number of rotatable bonds is 0. The van der Waals surface area contributed by atoms with Crippen molar-refractivity contribution in [2.45, 2.75) is 39.0 Å². The Hall–Kier alpha value is -0.690. The Bertz CT molecular complexity index is 377. The molecule has 1 N–H and O–H groups in total. The van der Waals surface area contributed by atoms with Gasteiger partial charge in [0.2, 0.25) is 0 Å². The van der Waals surface area contributed by atoms with E-state index in [0.29, 0.717) is 0 Å². The Morgan fingerprint density at radius 2 is 2.00 bits per heavy atom. The standard InChI is InChI=1S/C13H18ClN/c1-13(2,3)12-9-5-4-8-15-11(9)7-6-10(12)14/h6-7,15H,4-5,8H2,1-3H3. The number of benzene rings is 1. The summed E-state index contributed by atoms with van der Waals surface area (Å²) in [5.74, 6) is 0. The highest BCUT2D eigenvalue weighted by Gasteiger charge is 2.24. The Morgan fingerprint density at radius 3 is 2.67 bits per heavy atom. The third kappa shape index (κ3) is 1.98. The minimum Gasteiger partial charge on any atom is -0.385 e. The van der Waals surface area contributed by atoms with E-state index in [-0.39, 0.29) is 5.41 Å². The van der Waals surface area contributed by atoms with Gasteiger partial charge in [0.25, 0.3) is 0 Å². The SMILES string of the molecule is CC(C)(C)c1c(Cl)ccc2c1CCCN2. The first-order valence-electron chi connectivity index (χ1n) is 5.56. The van der Waals surface area contributed by atoms with E-state index in [1.165, 1.54) is 23.2 Å². The molecule has 1 aromatic rings. The first-order valence-corrected chi connectivity index (χ1v) is 5.93. The van der Waals surface area contributed by atoms with Crippen LogP contribution in [-0.4, -0.2) is 6.54 Å². The summed E-state index contributed by atoms with van der Waals surface area (Å²) in [4.78, 5) is 0. The average molecular weight is 224 g/mol. The molecule has 0 saturated heterocycles. The van der Waals surface area contributed by atoms with Crippen LogP contribution in [0, 0.1) is 0 Å². The molecule has 0 saturated carbocycles. The van der Waals surface area contributed by atoms with Crippen LogP contribution in [0.25, 0.3) is 0 Å². The van der Waals surface area contributed by atoms with Crippen molar-refractivity contribution in [1.29, 1.82) is 0 Å². The van der Waals surface area contributed by atoms with Gasteiger partial charge in [-0.15, -0.1) is 0 Å². The highest BCUT2D eigenvalue weighted by molar-refractivity contribution is 6.31. The van der Waals surface area contributed by atoms with E-state index in [4.69, 9.17) is 11.6 Å². The first kappa shape index (κ1) is 10.8. The number of hydrogen-bond donors (Lipinski definition) is 1. The van der Waals surface area contributed by atoms with Crippen LogP contribution in [0.4, 0.5) is 5.69 Å². The highest BCUT2D eigenvalue weighted by atomic mass is 35.5. The molecule has 1 nitrogen and oxygen atoms in total. The second-order valence-corrected chi connectivity index (χ2v) is 5.64. The highest BCUT2D eigenvalue weighted by Crippen LogP contribution is 2.38. The summed E-state index contributed by atoms with van der Waals surface area (Å²) in [6.07, 6.45) is 2.35. The molecular weight excluding hydrogens is 206 g/mol. The van der Waals surface area contributed by atoms with Crippen LogP contribution in [0.15, 0.2) is 12.1 Å². The molecule has 0 fully saturated rings. The molecule has 1 aromatic carbocycles. The summed E-state index contributed by atoms with van der Waals surface area (Å²) in [5, 5.41) is 4.35. The van der Waals surface area contributed by atoms with E-state index in [1.54, 1.807) is 0 Å². The third-order valence-corrected chi connectivity index (χ3v) is 3.25. The Morgan fingerprint density at radius 1 is 1.27 bits per heavy atom. The third-order valence-electron chi connectivity index (χ3n) is 2.93. The maximum atomic E-state index is 6.32. The molecule has 82 valence electrons. The van der Waals surface area contributed by atoms with Gasteiger partial charge < -0.3 is 5.32 Å². The maximum absolute atomic E-state index is 6.32. The first-order chi connectivity index (χ1) is 7.00. The second kappa shape index (κ2) is 3.71. The largest absolute Gasteiger partial charge is 0.385 e. The van der Waals surface area contributed by atoms with E-state index < -0.39 is 0 Å². The zero-order chi connectivity index (χ0) is 11.1. The molecule has 0 spiro atoms. The van der Waals surface area contributed by atoms with Crippen molar-refractivity contribution in [2.75, 3.05) is 11.9 Å². The quantitative estimate of drug-likeness (QED) is 0.701. The summed E-state index contributed by atoms with van der Waals surface area (Å²) in [5.41, 5.74) is 4.13. The van der Waals surface area contributed by atoms with Gasteiger partial charge in [-0.25, -0.2) is 0 Å². The summed E-state index contributed by atoms with van der Waals surface area (Å²) < 4.78 is 0. The lowest BCUT2D eigenvalue weighted by molar-refractivity contribution is 0.579. The summed E-state index contributed by atoms with van der Waals surface area (Å²) in [6, 6.07) is 4.12. The molecular formula is C13H18ClN. The fourth-order valence-electron chi connectivity index (χ4n) is 2.34. The molecule has 0 aliphatic carbocycles. The average Bonchev–Trinajstić information content (AvgIpc) is 2.15. The molecule has 0 radical (unpaired) electrons. The molecule has 0 bridgehead atoms. The van der Waals surface area contributed by atoms with Crippen molar-refractivity contribution in [3.8, 4) is 0 Å². The smallest absolute Gasteiger partial charge is 0.0447 e. The van der Waals surface area contributed by atoms with Crippen molar-refractivity contribution < 1.29 is 0 Å².